The highest BCUT2D eigenvalue weighted by molar-refractivity contribution is 5.81. The minimum Gasteiger partial charge on any atom is -0.379 e. The molecule has 0 spiro atoms. The van der Waals surface area contributed by atoms with Crippen LogP contribution < -0.4 is 11.1 Å². The largest absolute Gasteiger partial charge is 0.379 e. The standard InChI is InChI=1S/C12H21N3O2/c1-2-4-11(13)12(16)14-5-3-6-15-7-9-17-10-8-15/h1,11H,3-10,13H2,(H,14,16). The van der Waals surface area contributed by atoms with E-state index in [2.05, 4.69) is 16.1 Å². The summed E-state index contributed by atoms with van der Waals surface area (Å²) < 4.78 is 5.26. The fourth-order valence-corrected chi connectivity index (χ4v) is 1.69. The van der Waals surface area contributed by atoms with Crippen LogP contribution in [0.3, 0.4) is 0 Å². The maximum atomic E-state index is 11.4. The molecule has 0 saturated carbocycles. The Labute approximate surface area is 103 Å². The average molecular weight is 239 g/mol. The molecule has 0 aromatic carbocycles. The molecule has 5 nitrogen and oxygen atoms in total. The Morgan fingerprint density at radius 1 is 1.53 bits per heavy atom. The molecule has 96 valence electrons. The summed E-state index contributed by atoms with van der Waals surface area (Å²) in [7, 11) is 0. The summed E-state index contributed by atoms with van der Waals surface area (Å²) in [4.78, 5) is 13.7. The molecule has 1 unspecified atom stereocenters. The van der Waals surface area contributed by atoms with Crippen molar-refractivity contribution in [3.8, 4) is 12.3 Å². The normalized spacial score (nSPS) is 18.4. The maximum Gasteiger partial charge on any atom is 0.237 e. The SMILES string of the molecule is C#CCC(N)C(=O)NCCCN1CCOCC1. The van der Waals surface area contributed by atoms with Crippen molar-refractivity contribution in [2.45, 2.75) is 18.9 Å². The lowest BCUT2D eigenvalue weighted by atomic mass is 10.2. The Bertz CT molecular complexity index is 269. The van der Waals surface area contributed by atoms with Gasteiger partial charge >= 0.3 is 0 Å². The molecule has 0 aromatic rings. The Hall–Kier alpha value is -1.09. The van der Waals surface area contributed by atoms with Gasteiger partial charge in [0.15, 0.2) is 0 Å². The van der Waals surface area contributed by atoms with E-state index < -0.39 is 6.04 Å². The lowest BCUT2D eigenvalue weighted by molar-refractivity contribution is -0.122. The smallest absolute Gasteiger partial charge is 0.237 e. The summed E-state index contributed by atoms with van der Waals surface area (Å²) in [5.41, 5.74) is 5.57. The van der Waals surface area contributed by atoms with Crippen molar-refractivity contribution >= 4 is 5.91 Å². The van der Waals surface area contributed by atoms with Gasteiger partial charge < -0.3 is 15.8 Å². The van der Waals surface area contributed by atoms with Gasteiger partial charge in [0, 0.05) is 26.1 Å². The quantitative estimate of drug-likeness (QED) is 0.469. The first-order chi connectivity index (χ1) is 8.24. The van der Waals surface area contributed by atoms with Crippen molar-refractivity contribution in [2.24, 2.45) is 5.73 Å². The van der Waals surface area contributed by atoms with E-state index in [-0.39, 0.29) is 12.3 Å². The van der Waals surface area contributed by atoms with Gasteiger partial charge in [-0.2, -0.15) is 0 Å². The molecule has 1 aliphatic heterocycles. The third-order valence-electron chi connectivity index (χ3n) is 2.73. The zero-order chi connectivity index (χ0) is 12.5. The highest BCUT2D eigenvalue weighted by Crippen LogP contribution is 1.97. The van der Waals surface area contributed by atoms with Gasteiger partial charge in [0.1, 0.15) is 0 Å². The summed E-state index contributed by atoms with van der Waals surface area (Å²) in [5.74, 6) is 2.22. The molecular weight excluding hydrogens is 218 g/mol. The van der Waals surface area contributed by atoms with Crippen LogP contribution in [-0.2, 0) is 9.53 Å². The van der Waals surface area contributed by atoms with E-state index in [1.54, 1.807) is 0 Å². The van der Waals surface area contributed by atoms with Crippen molar-refractivity contribution in [1.82, 2.24) is 10.2 Å². The first-order valence-corrected chi connectivity index (χ1v) is 6.01. The third kappa shape index (κ3) is 5.68. The molecule has 17 heavy (non-hydrogen) atoms. The number of ether oxygens (including phenoxy) is 1. The van der Waals surface area contributed by atoms with Gasteiger partial charge in [0.25, 0.3) is 0 Å². The van der Waals surface area contributed by atoms with Gasteiger partial charge in [-0.3, -0.25) is 9.69 Å². The van der Waals surface area contributed by atoms with Crippen molar-refractivity contribution < 1.29 is 9.53 Å². The Balaban J connectivity index is 2.03. The fourth-order valence-electron chi connectivity index (χ4n) is 1.69. The number of rotatable bonds is 6. The number of hydrogen-bond donors (Lipinski definition) is 2. The minimum atomic E-state index is -0.580. The van der Waals surface area contributed by atoms with Crippen molar-refractivity contribution in [3.63, 3.8) is 0 Å². The molecule has 3 N–H and O–H groups in total. The van der Waals surface area contributed by atoms with Crippen LogP contribution in [0.4, 0.5) is 0 Å². The molecule has 5 heteroatoms. The van der Waals surface area contributed by atoms with E-state index in [1.807, 2.05) is 0 Å². The van der Waals surface area contributed by atoms with E-state index in [0.29, 0.717) is 6.54 Å². The fraction of sp³-hybridized carbons (Fsp3) is 0.750. The molecule has 1 aliphatic rings. The van der Waals surface area contributed by atoms with E-state index >= 15 is 0 Å². The zero-order valence-corrected chi connectivity index (χ0v) is 10.2. The number of terminal acetylenes is 1. The van der Waals surface area contributed by atoms with Gasteiger partial charge in [-0.1, -0.05) is 0 Å². The second-order valence-corrected chi connectivity index (χ2v) is 4.11. The third-order valence-corrected chi connectivity index (χ3v) is 2.73. The number of carbonyl (C=O) groups excluding carboxylic acids is 1. The molecule has 1 heterocycles. The number of nitrogens with zero attached hydrogens (tertiary/aromatic N) is 1. The molecule has 1 amide bonds. The lowest BCUT2D eigenvalue weighted by Gasteiger charge is -2.26. The molecule has 1 saturated heterocycles. The first kappa shape index (κ1) is 14.0. The van der Waals surface area contributed by atoms with Gasteiger partial charge in [0.2, 0.25) is 5.91 Å². The molecule has 1 atom stereocenters. The predicted octanol–water partition coefficient (Wildman–Crippen LogP) is -0.824. The topological polar surface area (TPSA) is 67.6 Å². The monoisotopic (exact) mass is 239 g/mol. The second kappa shape index (κ2) is 8.07. The highest BCUT2D eigenvalue weighted by Gasteiger charge is 2.12. The van der Waals surface area contributed by atoms with E-state index in [4.69, 9.17) is 16.9 Å². The zero-order valence-electron chi connectivity index (χ0n) is 10.2. The number of nitrogens with one attached hydrogen (secondary N) is 1. The Morgan fingerprint density at radius 3 is 2.88 bits per heavy atom. The predicted molar refractivity (Wildman–Crippen MR) is 66.3 cm³/mol. The van der Waals surface area contributed by atoms with Gasteiger partial charge in [-0.25, -0.2) is 0 Å². The summed E-state index contributed by atoms with van der Waals surface area (Å²) in [6.07, 6.45) is 6.30. The number of amides is 1. The number of morpholine rings is 1. The molecule has 1 rings (SSSR count). The maximum absolute atomic E-state index is 11.4. The summed E-state index contributed by atoms with van der Waals surface area (Å²) >= 11 is 0. The van der Waals surface area contributed by atoms with Gasteiger partial charge in [-0.15, -0.1) is 12.3 Å². The van der Waals surface area contributed by atoms with Gasteiger partial charge in [-0.05, 0) is 13.0 Å². The molecule has 0 radical (unpaired) electrons. The van der Waals surface area contributed by atoms with Crippen LogP contribution in [0.1, 0.15) is 12.8 Å². The van der Waals surface area contributed by atoms with Crippen LogP contribution in [0, 0.1) is 12.3 Å². The molecule has 0 aromatic heterocycles. The van der Waals surface area contributed by atoms with Crippen molar-refractivity contribution in [2.75, 3.05) is 39.4 Å². The minimum absolute atomic E-state index is 0.162. The average Bonchev–Trinajstić information content (AvgIpc) is 2.36. The van der Waals surface area contributed by atoms with E-state index in [1.165, 1.54) is 0 Å². The number of nitrogens with two attached hydrogens (primary N) is 1. The van der Waals surface area contributed by atoms with Gasteiger partial charge in [0.05, 0.1) is 19.3 Å². The first-order valence-electron chi connectivity index (χ1n) is 6.01. The van der Waals surface area contributed by atoms with Crippen LogP contribution in [0.25, 0.3) is 0 Å². The Morgan fingerprint density at radius 2 is 2.24 bits per heavy atom. The van der Waals surface area contributed by atoms with Crippen LogP contribution in [-0.4, -0.2) is 56.2 Å². The summed E-state index contributed by atoms with van der Waals surface area (Å²) in [5, 5.41) is 2.79. The number of carbonyl (C=O) groups is 1. The van der Waals surface area contributed by atoms with Crippen LogP contribution >= 0.6 is 0 Å². The lowest BCUT2D eigenvalue weighted by Crippen LogP contribution is -2.42. The molecule has 0 aliphatic carbocycles. The van der Waals surface area contributed by atoms with Crippen LogP contribution in [0.15, 0.2) is 0 Å². The van der Waals surface area contributed by atoms with Crippen molar-refractivity contribution in [3.05, 3.63) is 0 Å². The molecule has 1 fully saturated rings. The van der Waals surface area contributed by atoms with Crippen LogP contribution in [0.5, 0.6) is 0 Å². The van der Waals surface area contributed by atoms with E-state index in [0.717, 1.165) is 39.3 Å². The summed E-state index contributed by atoms with van der Waals surface area (Å²) in [6.45, 7) is 5.19. The molecular formula is C12H21N3O2. The second-order valence-electron chi connectivity index (χ2n) is 4.11. The molecule has 0 bridgehead atoms. The van der Waals surface area contributed by atoms with E-state index in [9.17, 15) is 4.79 Å². The number of hydrogen-bond acceptors (Lipinski definition) is 4. The highest BCUT2D eigenvalue weighted by atomic mass is 16.5. The summed E-state index contributed by atoms with van der Waals surface area (Å²) in [6, 6.07) is -0.580. The van der Waals surface area contributed by atoms with Crippen LogP contribution in [0.2, 0.25) is 0 Å². The Kier molecular flexibility index (Phi) is 6.63. The van der Waals surface area contributed by atoms with Crippen molar-refractivity contribution in [1.29, 1.82) is 0 Å².